The van der Waals surface area contributed by atoms with Gasteiger partial charge >= 0.3 is 0 Å². The van der Waals surface area contributed by atoms with Crippen LogP contribution in [0.2, 0.25) is 5.02 Å². The summed E-state index contributed by atoms with van der Waals surface area (Å²) in [6.45, 7) is 2.42. The normalized spacial score (nSPS) is 23.2. The lowest BCUT2D eigenvalue weighted by molar-refractivity contribution is -0.134. The Balaban J connectivity index is 1.51. The van der Waals surface area contributed by atoms with E-state index in [1.165, 1.54) is 0 Å². The first kappa shape index (κ1) is 17.5. The minimum Gasteiger partial charge on any atom is -0.341 e. The molecule has 26 heavy (non-hydrogen) atoms. The predicted octanol–water partition coefficient (Wildman–Crippen LogP) is 2.97. The number of carbonyl (C=O) groups is 1. The average Bonchev–Trinajstić information content (AvgIpc) is 3.22. The summed E-state index contributed by atoms with van der Waals surface area (Å²) in [7, 11) is 0. The summed E-state index contributed by atoms with van der Waals surface area (Å²) >= 11 is 6.12. The molecule has 0 bridgehead atoms. The molecule has 2 atom stereocenters. The number of pyridine rings is 1. The molecule has 2 fully saturated rings. The van der Waals surface area contributed by atoms with Crippen molar-refractivity contribution < 1.29 is 4.79 Å². The number of rotatable bonds is 3. The predicted molar refractivity (Wildman–Crippen MR) is 103 cm³/mol. The van der Waals surface area contributed by atoms with Crippen LogP contribution in [0.1, 0.15) is 30.9 Å². The second-order valence-corrected chi connectivity index (χ2v) is 7.43. The zero-order valence-electron chi connectivity index (χ0n) is 14.6. The average molecular weight is 371 g/mol. The first-order valence-electron chi connectivity index (χ1n) is 9.21. The molecule has 1 aromatic carbocycles. The van der Waals surface area contributed by atoms with Gasteiger partial charge in [-0.1, -0.05) is 29.8 Å². The zero-order valence-corrected chi connectivity index (χ0v) is 15.4. The fourth-order valence-corrected chi connectivity index (χ4v) is 3.99. The first-order valence-corrected chi connectivity index (χ1v) is 9.58. The Morgan fingerprint density at radius 1 is 1.19 bits per heavy atom. The molecule has 0 saturated carbocycles. The molecule has 0 radical (unpaired) electrons. The quantitative estimate of drug-likeness (QED) is 0.872. The zero-order chi connectivity index (χ0) is 17.9. The van der Waals surface area contributed by atoms with Crippen LogP contribution in [-0.2, 0) is 4.79 Å². The molecule has 136 valence electrons. The van der Waals surface area contributed by atoms with E-state index in [1.54, 1.807) is 0 Å². The molecule has 3 heterocycles. The monoisotopic (exact) mass is 370 g/mol. The van der Waals surface area contributed by atoms with Crippen molar-refractivity contribution >= 4 is 17.5 Å². The molecule has 0 aliphatic carbocycles. The van der Waals surface area contributed by atoms with Crippen LogP contribution >= 0.6 is 11.6 Å². The van der Waals surface area contributed by atoms with Crippen molar-refractivity contribution in [1.82, 2.24) is 20.7 Å². The van der Waals surface area contributed by atoms with Crippen LogP contribution in [0.15, 0.2) is 42.5 Å². The Bertz CT molecular complexity index is 791. The minimum absolute atomic E-state index is 0.0977. The molecule has 2 saturated heterocycles. The number of nitrogens with zero attached hydrogens (tertiary/aromatic N) is 2. The van der Waals surface area contributed by atoms with Crippen molar-refractivity contribution in [3.05, 3.63) is 53.2 Å². The third-order valence-electron chi connectivity index (χ3n) is 5.17. The first-order chi connectivity index (χ1) is 12.7. The Hall–Kier alpha value is -1.95. The number of hydrogen-bond donors (Lipinski definition) is 2. The summed E-state index contributed by atoms with van der Waals surface area (Å²) in [6, 6.07) is 13.8. The van der Waals surface area contributed by atoms with Gasteiger partial charge in [-0.05, 0) is 43.5 Å². The van der Waals surface area contributed by atoms with Crippen LogP contribution in [0.4, 0.5) is 0 Å². The molecule has 2 aromatic rings. The number of hydrazine groups is 1. The van der Waals surface area contributed by atoms with E-state index in [0.717, 1.165) is 55.8 Å². The van der Waals surface area contributed by atoms with E-state index in [0.29, 0.717) is 5.02 Å². The van der Waals surface area contributed by atoms with Gasteiger partial charge in [-0.2, -0.15) is 0 Å². The van der Waals surface area contributed by atoms with Crippen LogP contribution in [0.5, 0.6) is 0 Å². The fraction of sp³-hybridized carbons (Fsp3) is 0.400. The summed E-state index contributed by atoms with van der Waals surface area (Å²) in [5.41, 5.74) is 9.12. The molecule has 4 rings (SSSR count). The van der Waals surface area contributed by atoms with Gasteiger partial charge in [-0.3, -0.25) is 15.2 Å². The second kappa shape index (κ2) is 7.74. The smallest absolute Gasteiger partial charge is 0.241 e. The molecule has 2 aliphatic rings. The molecule has 2 aliphatic heterocycles. The third kappa shape index (κ3) is 3.75. The van der Waals surface area contributed by atoms with E-state index < -0.39 is 0 Å². The highest BCUT2D eigenvalue weighted by molar-refractivity contribution is 6.30. The molecule has 1 amide bonds. The molecule has 1 aromatic heterocycles. The number of halogens is 1. The van der Waals surface area contributed by atoms with Crippen LogP contribution in [0, 0.1) is 0 Å². The van der Waals surface area contributed by atoms with Crippen LogP contribution in [0.3, 0.4) is 0 Å². The number of carbonyl (C=O) groups excluding carboxylic acids is 1. The van der Waals surface area contributed by atoms with Gasteiger partial charge in [0.1, 0.15) is 6.04 Å². The van der Waals surface area contributed by atoms with Gasteiger partial charge in [0.2, 0.25) is 5.91 Å². The van der Waals surface area contributed by atoms with Crippen molar-refractivity contribution in [2.45, 2.75) is 31.2 Å². The molecule has 6 heteroatoms. The van der Waals surface area contributed by atoms with Gasteiger partial charge in [0.05, 0.1) is 5.69 Å². The van der Waals surface area contributed by atoms with Crippen molar-refractivity contribution in [2.75, 3.05) is 19.6 Å². The highest BCUT2D eigenvalue weighted by Crippen LogP contribution is 2.29. The molecule has 5 nitrogen and oxygen atoms in total. The van der Waals surface area contributed by atoms with Crippen LogP contribution in [0.25, 0.3) is 11.3 Å². The lowest BCUT2D eigenvalue weighted by atomic mass is 9.93. The van der Waals surface area contributed by atoms with Gasteiger partial charge < -0.3 is 4.90 Å². The molecule has 2 N–H and O–H groups in total. The van der Waals surface area contributed by atoms with Crippen LogP contribution < -0.4 is 10.9 Å². The number of likely N-dealkylation sites (tertiary alicyclic amines) is 1. The largest absolute Gasteiger partial charge is 0.341 e. The summed E-state index contributed by atoms with van der Waals surface area (Å²) in [6.07, 6.45) is 2.92. The van der Waals surface area contributed by atoms with Gasteiger partial charge in [0.15, 0.2) is 0 Å². The van der Waals surface area contributed by atoms with Gasteiger partial charge in [-0.25, -0.2) is 5.43 Å². The third-order valence-corrected chi connectivity index (χ3v) is 5.41. The SMILES string of the molecule is O=C(C1CCNN1)N1CCCC(c2cccc(-c3cccc(Cl)c3)n2)C1. The molecular weight excluding hydrogens is 348 g/mol. The van der Waals surface area contributed by atoms with E-state index in [9.17, 15) is 4.79 Å². The van der Waals surface area contributed by atoms with Gasteiger partial charge in [-0.15, -0.1) is 0 Å². The van der Waals surface area contributed by atoms with Crippen LogP contribution in [-0.4, -0.2) is 41.5 Å². The van der Waals surface area contributed by atoms with E-state index in [4.69, 9.17) is 16.6 Å². The highest BCUT2D eigenvalue weighted by atomic mass is 35.5. The maximum absolute atomic E-state index is 12.7. The summed E-state index contributed by atoms with van der Waals surface area (Å²) in [4.78, 5) is 19.6. The van der Waals surface area contributed by atoms with E-state index in [1.807, 2.05) is 41.3 Å². The van der Waals surface area contributed by atoms with E-state index in [2.05, 4.69) is 16.9 Å². The van der Waals surface area contributed by atoms with Crippen molar-refractivity contribution in [3.8, 4) is 11.3 Å². The van der Waals surface area contributed by atoms with Gasteiger partial charge in [0, 0.05) is 41.8 Å². The Morgan fingerprint density at radius 3 is 2.88 bits per heavy atom. The number of nitrogens with one attached hydrogen (secondary N) is 2. The Labute approximate surface area is 158 Å². The standard InChI is InChI=1S/C20H23ClN4O/c21-16-6-1-4-14(12-16)17-7-2-8-18(23-17)15-5-3-11-25(13-15)20(26)19-9-10-22-24-19/h1-2,4,6-8,12,15,19,22,24H,3,5,9-11,13H2. The summed E-state index contributed by atoms with van der Waals surface area (Å²) < 4.78 is 0. The van der Waals surface area contributed by atoms with Gasteiger partial charge in [0.25, 0.3) is 0 Å². The van der Waals surface area contributed by atoms with Crippen molar-refractivity contribution in [2.24, 2.45) is 0 Å². The number of piperidine rings is 1. The summed E-state index contributed by atoms with van der Waals surface area (Å²) in [5, 5.41) is 0.710. The lowest BCUT2D eigenvalue weighted by Crippen LogP contribution is -2.48. The summed E-state index contributed by atoms with van der Waals surface area (Å²) in [5.74, 6) is 0.479. The lowest BCUT2D eigenvalue weighted by Gasteiger charge is -2.34. The Kier molecular flexibility index (Phi) is 5.20. The highest BCUT2D eigenvalue weighted by Gasteiger charge is 2.31. The maximum Gasteiger partial charge on any atom is 0.241 e. The number of benzene rings is 1. The number of amides is 1. The fourth-order valence-electron chi connectivity index (χ4n) is 3.80. The maximum atomic E-state index is 12.7. The molecule has 0 spiro atoms. The second-order valence-electron chi connectivity index (χ2n) is 6.99. The topological polar surface area (TPSA) is 57.3 Å². The number of aromatic nitrogens is 1. The van der Waals surface area contributed by atoms with E-state index in [-0.39, 0.29) is 17.9 Å². The van der Waals surface area contributed by atoms with Crippen molar-refractivity contribution in [1.29, 1.82) is 0 Å². The minimum atomic E-state index is -0.0977. The molecular formula is C20H23ClN4O. The molecule has 2 unspecified atom stereocenters. The van der Waals surface area contributed by atoms with Crippen molar-refractivity contribution in [3.63, 3.8) is 0 Å². The Morgan fingerprint density at radius 2 is 2.08 bits per heavy atom. The van der Waals surface area contributed by atoms with E-state index >= 15 is 0 Å². The number of hydrogen-bond acceptors (Lipinski definition) is 4.